The number of hydrogen-bond acceptors (Lipinski definition) is 6. The summed E-state index contributed by atoms with van der Waals surface area (Å²) in [4.78, 5) is 19.7. The van der Waals surface area contributed by atoms with E-state index in [0.717, 1.165) is 41.5 Å². The van der Waals surface area contributed by atoms with E-state index < -0.39 is 4.92 Å². The molecule has 0 saturated heterocycles. The third-order valence-corrected chi connectivity index (χ3v) is 6.95. The average molecular weight is 445 g/mol. The van der Waals surface area contributed by atoms with Crippen molar-refractivity contribution in [2.75, 3.05) is 5.32 Å². The predicted molar refractivity (Wildman–Crippen MR) is 107 cm³/mol. The summed E-state index contributed by atoms with van der Waals surface area (Å²) >= 11 is 3.37. The molecule has 4 aliphatic rings. The maximum atomic E-state index is 11.9. The van der Waals surface area contributed by atoms with E-state index in [-0.39, 0.29) is 22.9 Å². The number of ether oxygens (including phenoxy) is 1. The van der Waals surface area contributed by atoms with E-state index >= 15 is 0 Å². The molecule has 0 radical (unpaired) electrons. The van der Waals surface area contributed by atoms with Gasteiger partial charge in [0.05, 0.1) is 4.92 Å². The number of nitrogens with zero attached hydrogens (tertiary/aromatic N) is 3. The van der Waals surface area contributed by atoms with Crippen LogP contribution in [0.4, 0.5) is 11.5 Å². The first-order chi connectivity index (χ1) is 13.5. The molecule has 146 valence electrons. The minimum Gasteiger partial charge on any atom is -0.434 e. The first-order valence-electron chi connectivity index (χ1n) is 9.71. The van der Waals surface area contributed by atoms with Crippen molar-refractivity contribution in [2.24, 2.45) is 17.8 Å². The van der Waals surface area contributed by atoms with Crippen LogP contribution in [0.1, 0.15) is 38.5 Å². The van der Waals surface area contributed by atoms with Crippen LogP contribution >= 0.6 is 15.9 Å². The molecule has 28 heavy (non-hydrogen) atoms. The minimum atomic E-state index is -0.447. The highest BCUT2D eigenvalue weighted by atomic mass is 79.9. The van der Waals surface area contributed by atoms with E-state index in [1.54, 1.807) is 12.1 Å². The van der Waals surface area contributed by atoms with Gasteiger partial charge < -0.3 is 10.1 Å². The van der Waals surface area contributed by atoms with Gasteiger partial charge in [-0.1, -0.05) is 15.9 Å². The van der Waals surface area contributed by atoms with Crippen molar-refractivity contribution in [2.45, 2.75) is 44.1 Å². The summed E-state index contributed by atoms with van der Waals surface area (Å²) in [5, 5.41) is 15.4. The monoisotopic (exact) mass is 444 g/mol. The lowest BCUT2D eigenvalue weighted by molar-refractivity contribution is -0.385. The van der Waals surface area contributed by atoms with Crippen molar-refractivity contribution in [3.05, 3.63) is 45.2 Å². The van der Waals surface area contributed by atoms with Crippen LogP contribution in [0.25, 0.3) is 0 Å². The zero-order valence-corrected chi connectivity index (χ0v) is 16.9. The van der Waals surface area contributed by atoms with Crippen molar-refractivity contribution < 1.29 is 9.66 Å². The molecule has 1 aromatic carbocycles. The molecule has 4 saturated carbocycles. The minimum absolute atomic E-state index is 0.0328. The first-order valence-corrected chi connectivity index (χ1v) is 10.5. The highest BCUT2D eigenvalue weighted by Gasteiger charge is 2.51. The van der Waals surface area contributed by atoms with E-state index in [2.05, 4.69) is 31.2 Å². The number of nitro groups is 1. The van der Waals surface area contributed by atoms with Crippen molar-refractivity contribution in [3.63, 3.8) is 0 Å². The Kier molecular flexibility index (Phi) is 4.26. The summed E-state index contributed by atoms with van der Waals surface area (Å²) in [7, 11) is 0. The number of aromatic nitrogens is 2. The highest BCUT2D eigenvalue weighted by Crippen LogP contribution is 2.57. The molecule has 6 rings (SSSR count). The van der Waals surface area contributed by atoms with Crippen molar-refractivity contribution in [1.29, 1.82) is 0 Å². The Morgan fingerprint density at radius 1 is 1.07 bits per heavy atom. The zero-order valence-electron chi connectivity index (χ0n) is 15.3. The second-order valence-corrected chi connectivity index (χ2v) is 9.43. The number of halogens is 1. The molecular formula is C20H21BrN4O3. The molecular weight excluding hydrogens is 424 g/mol. The predicted octanol–water partition coefficient (Wildman–Crippen LogP) is 5.32. The number of benzene rings is 1. The Balaban J connectivity index is 1.46. The molecule has 8 heteroatoms. The van der Waals surface area contributed by atoms with Gasteiger partial charge in [-0.25, -0.2) is 4.98 Å². The summed E-state index contributed by atoms with van der Waals surface area (Å²) in [6.45, 7) is 0. The second-order valence-electron chi connectivity index (χ2n) is 8.51. The van der Waals surface area contributed by atoms with Gasteiger partial charge >= 0.3 is 11.6 Å². The van der Waals surface area contributed by atoms with Gasteiger partial charge in [0.1, 0.15) is 12.1 Å². The molecule has 1 heterocycles. The highest BCUT2D eigenvalue weighted by molar-refractivity contribution is 9.10. The number of anilines is 1. The smallest absolute Gasteiger partial charge is 0.373 e. The summed E-state index contributed by atoms with van der Waals surface area (Å²) < 4.78 is 6.64. The lowest BCUT2D eigenvalue weighted by Gasteiger charge is -2.57. The van der Waals surface area contributed by atoms with Gasteiger partial charge in [-0.05, 0) is 80.5 Å². The molecule has 2 aromatic rings. The normalized spacial score (nSPS) is 30.2. The van der Waals surface area contributed by atoms with Crippen LogP contribution < -0.4 is 10.1 Å². The first kappa shape index (κ1) is 17.8. The van der Waals surface area contributed by atoms with Gasteiger partial charge in [0, 0.05) is 10.0 Å². The van der Waals surface area contributed by atoms with Crippen LogP contribution in [0.2, 0.25) is 0 Å². The van der Waals surface area contributed by atoms with E-state index in [4.69, 9.17) is 4.74 Å². The van der Waals surface area contributed by atoms with E-state index in [1.807, 2.05) is 12.1 Å². The summed E-state index contributed by atoms with van der Waals surface area (Å²) in [6.07, 6.45) is 8.49. The quantitative estimate of drug-likeness (QED) is 0.495. The van der Waals surface area contributed by atoms with E-state index in [1.165, 1.54) is 25.6 Å². The molecule has 0 aliphatic heterocycles. The van der Waals surface area contributed by atoms with Crippen LogP contribution in [0.3, 0.4) is 0 Å². The fourth-order valence-corrected chi connectivity index (χ4v) is 6.09. The topological polar surface area (TPSA) is 90.2 Å². The molecule has 0 amide bonds. The van der Waals surface area contributed by atoms with Gasteiger partial charge in [0.25, 0.3) is 0 Å². The molecule has 4 fully saturated rings. The SMILES string of the molecule is O=[N+]([O-])c1c(NC23CC4CC(CC(C4)C2)C3)ncnc1Oc1ccc(Br)cc1. The molecule has 4 aliphatic carbocycles. The third kappa shape index (κ3) is 3.23. The van der Waals surface area contributed by atoms with Gasteiger partial charge in [0.2, 0.25) is 5.82 Å². The number of hydrogen-bond donors (Lipinski definition) is 1. The van der Waals surface area contributed by atoms with Crippen molar-refractivity contribution >= 4 is 27.4 Å². The standard InChI is InChI=1S/C20H21BrN4O3/c21-15-1-3-16(4-2-15)28-19-17(25(26)27)18(22-11-23-19)24-20-8-12-5-13(9-20)7-14(6-12)10-20/h1-4,11-14H,5-10H2,(H,22,23,24). The van der Waals surface area contributed by atoms with Crippen molar-refractivity contribution in [3.8, 4) is 11.6 Å². The number of nitrogens with one attached hydrogen (secondary N) is 1. The molecule has 0 atom stereocenters. The van der Waals surface area contributed by atoms with Crippen LogP contribution in [0.15, 0.2) is 35.1 Å². The van der Waals surface area contributed by atoms with Gasteiger partial charge in [0.15, 0.2) is 0 Å². The second kappa shape index (κ2) is 6.69. The Bertz CT molecular complexity index is 883. The average Bonchev–Trinajstić information content (AvgIpc) is 2.62. The maximum absolute atomic E-state index is 11.9. The fourth-order valence-electron chi connectivity index (χ4n) is 5.82. The Morgan fingerprint density at radius 3 is 2.25 bits per heavy atom. The zero-order chi connectivity index (χ0) is 19.3. The van der Waals surface area contributed by atoms with Crippen LogP contribution in [-0.4, -0.2) is 20.4 Å². The fraction of sp³-hybridized carbons (Fsp3) is 0.500. The third-order valence-electron chi connectivity index (χ3n) is 6.42. The molecule has 0 unspecified atom stereocenters. The summed E-state index contributed by atoms with van der Waals surface area (Å²) in [5.74, 6) is 2.93. The van der Waals surface area contributed by atoms with Gasteiger partial charge in [-0.15, -0.1) is 0 Å². The van der Waals surface area contributed by atoms with Crippen LogP contribution in [0.5, 0.6) is 11.6 Å². The van der Waals surface area contributed by atoms with Gasteiger partial charge in [-0.2, -0.15) is 4.98 Å². The largest absolute Gasteiger partial charge is 0.434 e. The van der Waals surface area contributed by atoms with Gasteiger partial charge in [-0.3, -0.25) is 10.1 Å². The molecule has 1 aromatic heterocycles. The molecule has 0 spiro atoms. The molecule has 7 nitrogen and oxygen atoms in total. The van der Waals surface area contributed by atoms with Crippen LogP contribution in [0, 0.1) is 27.9 Å². The summed E-state index contributed by atoms with van der Waals surface area (Å²) in [5.41, 5.74) is -0.274. The molecule has 1 N–H and O–H groups in total. The van der Waals surface area contributed by atoms with E-state index in [9.17, 15) is 10.1 Å². The van der Waals surface area contributed by atoms with Crippen LogP contribution in [-0.2, 0) is 0 Å². The Morgan fingerprint density at radius 2 is 1.68 bits per heavy atom. The molecule has 4 bridgehead atoms. The maximum Gasteiger partial charge on any atom is 0.373 e. The lowest BCUT2D eigenvalue weighted by atomic mass is 9.53. The van der Waals surface area contributed by atoms with E-state index in [0.29, 0.717) is 5.75 Å². The Hall–Kier alpha value is -2.22. The lowest BCUT2D eigenvalue weighted by Crippen LogP contribution is -2.55. The number of rotatable bonds is 5. The Labute approximate surface area is 171 Å². The van der Waals surface area contributed by atoms with Crippen molar-refractivity contribution in [1.82, 2.24) is 9.97 Å². The summed E-state index contributed by atoms with van der Waals surface area (Å²) in [6, 6.07) is 7.11.